The first kappa shape index (κ1) is 22.3. The molecule has 0 amide bonds. The van der Waals surface area contributed by atoms with E-state index in [9.17, 15) is 30.3 Å². The zero-order valence-electron chi connectivity index (χ0n) is 17.0. The van der Waals surface area contributed by atoms with Crippen LogP contribution in [0.2, 0.25) is 0 Å². The molecule has 2 aliphatic heterocycles. The van der Waals surface area contributed by atoms with Gasteiger partial charge in [-0.3, -0.25) is 4.79 Å². The van der Waals surface area contributed by atoms with Crippen LogP contribution in [0.25, 0.3) is 0 Å². The third kappa shape index (κ3) is 4.50. The molecule has 0 spiro atoms. The number of benzene rings is 2. The first-order chi connectivity index (χ1) is 15.4. The Kier molecular flexibility index (Phi) is 6.49. The van der Waals surface area contributed by atoms with Crippen LogP contribution in [-0.4, -0.2) is 81.8 Å². The third-order valence-electron chi connectivity index (χ3n) is 5.34. The number of phenolic OH excluding ortho intramolecular Hbond substituents is 1. The second-order valence-corrected chi connectivity index (χ2v) is 7.57. The van der Waals surface area contributed by atoms with E-state index in [-0.39, 0.29) is 29.3 Å². The van der Waals surface area contributed by atoms with Crippen molar-refractivity contribution in [3.05, 3.63) is 47.5 Å². The molecule has 0 saturated carbocycles. The lowest BCUT2D eigenvalue weighted by Gasteiger charge is -2.39. The highest BCUT2D eigenvalue weighted by Crippen LogP contribution is 2.32. The Hall–Kier alpha value is -2.89. The lowest BCUT2D eigenvalue weighted by molar-refractivity contribution is -0.277. The first-order valence-electron chi connectivity index (χ1n) is 10.1. The average molecular weight is 448 g/mol. The summed E-state index contributed by atoms with van der Waals surface area (Å²) in [5.74, 6) is 0.565. The number of hydrogen-bond acceptors (Lipinski definition) is 10. The van der Waals surface area contributed by atoms with Crippen molar-refractivity contribution >= 4 is 5.78 Å². The molecule has 2 aliphatic rings. The van der Waals surface area contributed by atoms with Gasteiger partial charge in [0.1, 0.15) is 49.1 Å². The van der Waals surface area contributed by atoms with Crippen LogP contribution in [-0.2, 0) is 11.2 Å². The molecular formula is C22H24O10. The molecule has 10 nitrogen and oxygen atoms in total. The molecular weight excluding hydrogens is 424 g/mol. The molecule has 0 aliphatic carbocycles. The van der Waals surface area contributed by atoms with Crippen molar-refractivity contribution in [3.63, 3.8) is 0 Å². The van der Waals surface area contributed by atoms with Gasteiger partial charge in [-0.1, -0.05) is 6.07 Å². The summed E-state index contributed by atoms with van der Waals surface area (Å²) >= 11 is 0. The van der Waals surface area contributed by atoms with Crippen molar-refractivity contribution < 1.29 is 49.3 Å². The molecule has 0 unspecified atom stereocenters. The third-order valence-corrected chi connectivity index (χ3v) is 5.34. The molecule has 0 bridgehead atoms. The van der Waals surface area contributed by atoms with Crippen molar-refractivity contribution in [3.8, 4) is 23.0 Å². The van der Waals surface area contributed by atoms with Crippen molar-refractivity contribution in [2.75, 3.05) is 19.8 Å². The summed E-state index contributed by atoms with van der Waals surface area (Å²) in [4.78, 5) is 12.7. The normalized spacial score (nSPS) is 27.1. The van der Waals surface area contributed by atoms with E-state index in [1.807, 2.05) is 0 Å². The number of fused-ring (bicyclic) bond motifs is 1. The Morgan fingerprint density at radius 2 is 1.72 bits per heavy atom. The van der Waals surface area contributed by atoms with Crippen LogP contribution >= 0.6 is 0 Å². The maximum atomic E-state index is 12.7. The van der Waals surface area contributed by atoms with E-state index in [2.05, 4.69) is 0 Å². The van der Waals surface area contributed by atoms with Gasteiger partial charge >= 0.3 is 0 Å². The Morgan fingerprint density at radius 1 is 0.969 bits per heavy atom. The molecule has 2 aromatic carbocycles. The number of phenols is 1. The molecule has 32 heavy (non-hydrogen) atoms. The minimum atomic E-state index is -1.59. The molecule has 2 aromatic rings. The van der Waals surface area contributed by atoms with Gasteiger partial charge in [0.2, 0.25) is 6.29 Å². The molecule has 1 fully saturated rings. The van der Waals surface area contributed by atoms with Crippen LogP contribution in [0.5, 0.6) is 23.0 Å². The van der Waals surface area contributed by atoms with Crippen LogP contribution in [0, 0.1) is 0 Å². The largest absolute Gasteiger partial charge is 0.507 e. The lowest BCUT2D eigenvalue weighted by Crippen LogP contribution is -2.60. The minimum absolute atomic E-state index is 0.0249. The van der Waals surface area contributed by atoms with E-state index < -0.39 is 37.3 Å². The van der Waals surface area contributed by atoms with Crippen molar-refractivity contribution in [1.82, 2.24) is 0 Å². The Bertz CT molecular complexity index is 975. The average Bonchev–Trinajstić information content (AvgIpc) is 2.79. The lowest BCUT2D eigenvalue weighted by atomic mass is 9.99. The summed E-state index contributed by atoms with van der Waals surface area (Å²) in [5, 5.41) is 49.3. The Labute approximate surface area is 183 Å². The van der Waals surface area contributed by atoms with Crippen molar-refractivity contribution in [1.29, 1.82) is 0 Å². The summed E-state index contributed by atoms with van der Waals surface area (Å²) < 4.78 is 21.7. The highest BCUT2D eigenvalue weighted by atomic mass is 16.7. The standard InChI is InChI=1S/C22H24O10/c23-10-18-19(26)20(27)21(28)22(32-18)31-12-2-3-13(15(25)9-12)14(24)7-11-1-4-16-17(8-11)30-6-5-29-16/h1-4,8-9,18-23,25-28H,5-7,10H2/t18-,19+,20+,21+,22+/m0/s1. The Morgan fingerprint density at radius 3 is 2.44 bits per heavy atom. The molecule has 4 rings (SSSR count). The first-order valence-corrected chi connectivity index (χ1v) is 10.1. The van der Waals surface area contributed by atoms with E-state index in [1.165, 1.54) is 18.2 Å². The number of aliphatic hydroxyl groups is 4. The van der Waals surface area contributed by atoms with Gasteiger partial charge in [0, 0.05) is 12.5 Å². The van der Waals surface area contributed by atoms with Gasteiger partial charge in [-0.2, -0.15) is 0 Å². The quantitative estimate of drug-likeness (QED) is 0.374. The molecule has 172 valence electrons. The number of carbonyl (C=O) groups excluding carboxylic acids is 1. The van der Waals surface area contributed by atoms with Crippen molar-refractivity contribution in [2.45, 2.75) is 37.1 Å². The zero-order valence-corrected chi connectivity index (χ0v) is 17.0. The smallest absolute Gasteiger partial charge is 0.229 e. The summed E-state index contributed by atoms with van der Waals surface area (Å²) in [7, 11) is 0. The van der Waals surface area contributed by atoms with Gasteiger partial charge < -0.3 is 44.5 Å². The number of Topliss-reactive ketones (excluding diaryl/α,β-unsaturated/α-hetero) is 1. The maximum absolute atomic E-state index is 12.7. The van der Waals surface area contributed by atoms with Crippen LogP contribution in [0.15, 0.2) is 36.4 Å². The number of rotatable bonds is 6. The molecule has 5 atom stereocenters. The zero-order chi connectivity index (χ0) is 22.8. The highest BCUT2D eigenvalue weighted by molar-refractivity contribution is 6.00. The van der Waals surface area contributed by atoms with Crippen LogP contribution in [0.3, 0.4) is 0 Å². The number of ether oxygens (including phenoxy) is 4. The number of hydrogen-bond donors (Lipinski definition) is 5. The molecule has 2 heterocycles. The van der Waals surface area contributed by atoms with E-state index in [0.717, 1.165) is 0 Å². The number of aliphatic hydroxyl groups excluding tert-OH is 4. The summed E-state index contributed by atoms with van der Waals surface area (Å²) in [6.07, 6.45) is -7.19. The van der Waals surface area contributed by atoms with Gasteiger partial charge in [-0.15, -0.1) is 0 Å². The topological polar surface area (TPSA) is 155 Å². The van der Waals surface area contributed by atoms with E-state index in [1.54, 1.807) is 18.2 Å². The van der Waals surface area contributed by atoms with Gasteiger partial charge in [-0.05, 0) is 29.8 Å². The molecule has 1 saturated heterocycles. The van der Waals surface area contributed by atoms with Crippen LogP contribution in [0.4, 0.5) is 0 Å². The molecule has 0 aromatic heterocycles. The summed E-state index contributed by atoms with van der Waals surface area (Å²) in [5.41, 5.74) is 0.765. The summed E-state index contributed by atoms with van der Waals surface area (Å²) in [6.45, 7) is 0.307. The SMILES string of the molecule is O=C(Cc1ccc2c(c1)OCCO2)c1ccc(O[C@@H]2O[C@@H](CO)[C@@H](O)[C@@H](O)[C@H]2O)cc1O. The second kappa shape index (κ2) is 9.31. The monoisotopic (exact) mass is 448 g/mol. The number of carbonyl (C=O) groups is 1. The predicted octanol–water partition coefficient (Wildman–Crippen LogP) is -0.233. The van der Waals surface area contributed by atoms with Gasteiger partial charge in [0.15, 0.2) is 17.3 Å². The fourth-order valence-electron chi connectivity index (χ4n) is 3.60. The summed E-state index contributed by atoms with van der Waals surface area (Å²) in [6, 6.07) is 9.15. The maximum Gasteiger partial charge on any atom is 0.229 e. The minimum Gasteiger partial charge on any atom is -0.507 e. The van der Waals surface area contributed by atoms with Crippen LogP contribution < -0.4 is 14.2 Å². The molecule has 10 heteroatoms. The number of aromatic hydroxyl groups is 1. The van der Waals surface area contributed by atoms with Gasteiger partial charge in [0.05, 0.1) is 12.2 Å². The molecule has 0 radical (unpaired) electrons. The highest BCUT2D eigenvalue weighted by Gasteiger charge is 2.44. The van der Waals surface area contributed by atoms with Crippen molar-refractivity contribution in [2.24, 2.45) is 0 Å². The van der Waals surface area contributed by atoms with Gasteiger partial charge in [0.25, 0.3) is 0 Å². The fraction of sp³-hybridized carbons (Fsp3) is 0.409. The van der Waals surface area contributed by atoms with E-state index in [4.69, 9.17) is 18.9 Å². The number of ketones is 1. The van der Waals surface area contributed by atoms with E-state index in [0.29, 0.717) is 30.3 Å². The fourth-order valence-corrected chi connectivity index (χ4v) is 3.60. The van der Waals surface area contributed by atoms with Gasteiger partial charge in [-0.25, -0.2) is 0 Å². The van der Waals surface area contributed by atoms with E-state index >= 15 is 0 Å². The molecule has 5 N–H and O–H groups in total. The van der Waals surface area contributed by atoms with Crippen LogP contribution in [0.1, 0.15) is 15.9 Å². The predicted molar refractivity (Wildman–Crippen MR) is 108 cm³/mol. The Balaban J connectivity index is 1.44. The second-order valence-electron chi connectivity index (χ2n) is 7.57.